The average Bonchev–Trinajstić information content (AvgIpc) is 2.87. The van der Waals surface area contributed by atoms with Crippen molar-refractivity contribution in [1.82, 2.24) is 9.97 Å². The molecule has 0 aliphatic carbocycles. The number of hydrogen-bond donors (Lipinski definition) is 4. The summed E-state index contributed by atoms with van der Waals surface area (Å²) in [7, 11) is 0. The molecule has 4 aromatic rings. The van der Waals surface area contributed by atoms with Crippen molar-refractivity contribution in [2.75, 3.05) is 11.1 Å². The number of aromatic nitrogens is 2. The van der Waals surface area contributed by atoms with Gasteiger partial charge in [0, 0.05) is 16.9 Å². The molecule has 0 radical (unpaired) electrons. The highest BCUT2D eigenvalue weighted by Gasteiger charge is 2.09. The van der Waals surface area contributed by atoms with Gasteiger partial charge in [-0.25, -0.2) is 9.97 Å². The maximum atomic E-state index is 10.7. The third-order valence-electron chi connectivity index (χ3n) is 4.86. The first-order chi connectivity index (χ1) is 17.3. The number of carboxylic acid groups (broad SMARTS) is 2. The fourth-order valence-electron chi connectivity index (χ4n) is 3.16. The molecule has 1 heterocycles. The van der Waals surface area contributed by atoms with Crippen LogP contribution in [0.3, 0.4) is 0 Å². The predicted molar refractivity (Wildman–Crippen MR) is 135 cm³/mol. The number of aliphatic carboxylic acids is 2. The first-order valence-corrected chi connectivity index (χ1v) is 10.8. The van der Waals surface area contributed by atoms with E-state index in [0.29, 0.717) is 28.5 Å². The van der Waals surface area contributed by atoms with Gasteiger partial charge in [-0.15, -0.1) is 0 Å². The second-order valence-corrected chi connectivity index (χ2v) is 7.64. The molecule has 3 aromatic carbocycles. The maximum absolute atomic E-state index is 10.7. The summed E-state index contributed by atoms with van der Waals surface area (Å²) in [5.41, 5.74) is 10.1. The molecule has 0 aliphatic rings. The number of benzene rings is 3. The van der Waals surface area contributed by atoms with E-state index >= 15 is 0 Å². The van der Waals surface area contributed by atoms with Gasteiger partial charge < -0.3 is 21.3 Å². The van der Waals surface area contributed by atoms with Crippen LogP contribution in [0.2, 0.25) is 0 Å². The van der Waals surface area contributed by atoms with E-state index in [1.54, 1.807) is 48.5 Å². The molecule has 0 amide bonds. The van der Waals surface area contributed by atoms with Gasteiger partial charge in [0.1, 0.15) is 6.07 Å². The minimum Gasteiger partial charge on any atom is -0.481 e. The Morgan fingerprint density at radius 3 is 1.94 bits per heavy atom. The minimum atomic E-state index is -0.872. The molecule has 0 atom stereocenters. The molecule has 0 spiro atoms. The van der Waals surface area contributed by atoms with Crippen molar-refractivity contribution in [3.8, 4) is 17.3 Å². The van der Waals surface area contributed by atoms with Crippen molar-refractivity contribution in [2.45, 2.75) is 12.8 Å². The van der Waals surface area contributed by atoms with Crippen molar-refractivity contribution in [3.63, 3.8) is 0 Å². The largest absolute Gasteiger partial charge is 0.481 e. The second kappa shape index (κ2) is 12.3. The Balaban J connectivity index is 0.000000275. The summed E-state index contributed by atoms with van der Waals surface area (Å²) in [5, 5.41) is 29.5. The van der Waals surface area contributed by atoms with Gasteiger partial charge in [-0.2, -0.15) is 5.26 Å². The zero-order valence-corrected chi connectivity index (χ0v) is 19.1. The van der Waals surface area contributed by atoms with Crippen LogP contribution < -0.4 is 11.1 Å². The fourth-order valence-corrected chi connectivity index (χ4v) is 3.16. The molecule has 0 unspecified atom stereocenters. The zero-order chi connectivity index (χ0) is 25.9. The molecule has 5 N–H and O–H groups in total. The quantitative estimate of drug-likeness (QED) is 0.282. The van der Waals surface area contributed by atoms with Gasteiger partial charge >= 0.3 is 11.9 Å². The topological polar surface area (TPSA) is 162 Å². The van der Waals surface area contributed by atoms with Gasteiger partial charge in [0.15, 0.2) is 0 Å². The van der Waals surface area contributed by atoms with E-state index in [2.05, 4.69) is 21.4 Å². The van der Waals surface area contributed by atoms with Gasteiger partial charge in [0.05, 0.1) is 30.3 Å². The number of nitriles is 1. The zero-order valence-electron chi connectivity index (χ0n) is 19.1. The average molecular weight is 482 g/mol. The van der Waals surface area contributed by atoms with E-state index in [0.717, 1.165) is 16.8 Å². The molecule has 180 valence electrons. The lowest BCUT2D eigenvalue weighted by Crippen LogP contribution is -2.02. The Morgan fingerprint density at radius 2 is 1.42 bits per heavy atom. The first kappa shape index (κ1) is 25.4. The SMILES string of the molecule is N#Cc1cnc(Nc2ccc(CC(=O)O)cc2)nc1-c1ccccc1.Nc1ccc(CC(=O)O)cc1. The third-order valence-corrected chi connectivity index (χ3v) is 4.86. The summed E-state index contributed by atoms with van der Waals surface area (Å²) in [6.45, 7) is 0. The summed E-state index contributed by atoms with van der Waals surface area (Å²) in [5.74, 6) is -1.33. The van der Waals surface area contributed by atoms with Crippen LogP contribution in [0.15, 0.2) is 85.1 Å². The number of nitrogens with zero attached hydrogens (tertiary/aromatic N) is 3. The number of nitrogen functional groups attached to an aromatic ring is 1. The number of nitrogens with two attached hydrogens (primary N) is 1. The van der Waals surface area contributed by atoms with Crippen molar-refractivity contribution < 1.29 is 19.8 Å². The van der Waals surface area contributed by atoms with E-state index in [1.165, 1.54) is 6.20 Å². The maximum Gasteiger partial charge on any atom is 0.307 e. The second-order valence-electron chi connectivity index (χ2n) is 7.64. The van der Waals surface area contributed by atoms with Crippen LogP contribution in [-0.4, -0.2) is 32.1 Å². The van der Waals surface area contributed by atoms with Crippen LogP contribution in [0.5, 0.6) is 0 Å². The van der Waals surface area contributed by atoms with E-state index < -0.39 is 11.9 Å². The van der Waals surface area contributed by atoms with E-state index in [-0.39, 0.29) is 12.8 Å². The molecular weight excluding hydrogens is 458 g/mol. The van der Waals surface area contributed by atoms with Gasteiger partial charge in [0.2, 0.25) is 5.95 Å². The van der Waals surface area contributed by atoms with Gasteiger partial charge in [0.25, 0.3) is 0 Å². The van der Waals surface area contributed by atoms with Crippen molar-refractivity contribution in [1.29, 1.82) is 5.26 Å². The molecule has 0 fully saturated rings. The van der Waals surface area contributed by atoms with Gasteiger partial charge in [-0.3, -0.25) is 9.59 Å². The number of carboxylic acids is 2. The van der Waals surface area contributed by atoms with Crippen LogP contribution in [-0.2, 0) is 22.4 Å². The van der Waals surface area contributed by atoms with Crippen LogP contribution in [0.4, 0.5) is 17.3 Å². The Kier molecular flexibility index (Phi) is 8.67. The van der Waals surface area contributed by atoms with Crippen molar-refractivity contribution >= 4 is 29.3 Å². The first-order valence-electron chi connectivity index (χ1n) is 10.8. The molecular formula is C27H23N5O4. The van der Waals surface area contributed by atoms with E-state index in [1.807, 2.05) is 30.3 Å². The number of nitrogens with one attached hydrogen (secondary N) is 1. The highest BCUT2D eigenvalue weighted by atomic mass is 16.4. The normalized spacial score (nSPS) is 9.86. The molecule has 9 nitrogen and oxygen atoms in total. The molecule has 9 heteroatoms. The van der Waals surface area contributed by atoms with Crippen LogP contribution >= 0.6 is 0 Å². The van der Waals surface area contributed by atoms with E-state index in [9.17, 15) is 14.9 Å². The minimum absolute atomic E-state index is 0.0220. The smallest absolute Gasteiger partial charge is 0.307 e. The predicted octanol–water partition coefficient (Wildman–Crippen LogP) is 4.28. The number of carbonyl (C=O) groups is 2. The number of hydrogen-bond acceptors (Lipinski definition) is 7. The summed E-state index contributed by atoms with van der Waals surface area (Å²) in [4.78, 5) is 29.5. The van der Waals surface area contributed by atoms with Gasteiger partial charge in [-0.05, 0) is 35.4 Å². The Labute approximate surface area is 207 Å². The fraction of sp³-hybridized carbons (Fsp3) is 0.0741. The third kappa shape index (κ3) is 7.67. The highest BCUT2D eigenvalue weighted by Crippen LogP contribution is 2.23. The summed E-state index contributed by atoms with van der Waals surface area (Å²) in [6, 6.07) is 25.3. The summed E-state index contributed by atoms with van der Waals surface area (Å²) >= 11 is 0. The summed E-state index contributed by atoms with van der Waals surface area (Å²) in [6.07, 6.45) is 1.52. The Morgan fingerprint density at radius 1 is 0.861 bits per heavy atom. The molecule has 0 saturated heterocycles. The molecule has 0 saturated carbocycles. The van der Waals surface area contributed by atoms with Crippen LogP contribution in [0.1, 0.15) is 16.7 Å². The van der Waals surface area contributed by atoms with Crippen molar-refractivity contribution in [2.24, 2.45) is 0 Å². The monoisotopic (exact) mass is 481 g/mol. The number of anilines is 3. The molecule has 0 bridgehead atoms. The lowest BCUT2D eigenvalue weighted by atomic mass is 10.1. The summed E-state index contributed by atoms with van der Waals surface area (Å²) < 4.78 is 0. The van der Waals surface area contributed by atoms with Crippen molar-refractivity contribution in [3.05, 3.63) is 102 Å². The van der Waals surface area contributed by atoms with Gasteiger partial charge in [-0.1, -0.05) is 54.6 Å². The lowest BCUT2D eigenvalue weighted by Gasteiger charge is -2.08. The Bertz CT molecular complexity index is 1370. The molecule has 36 heavy (non-hydrogen) atoms. The van der Waals surface area contributed by atoms with E-state index in [4.69, 9.17) is 15.9 Å². The highest BCUT2D eigenvalue weighted by molar-refractivity contribution is 5.71. The molecule has 1 aromatic heterocycles. The lowest BCUT2D eigenvalue weighted by molar-refractivity contribution is -0.137. The van der Waals surface area contributed by atoms with Crippen LogP contribution in [0.25, 0.3) is 11.3 Å². The van der Waals surface area contributed by atoms with Crippen LogP contribution in [0, 0.1) is 11.3 Å². The molecule has 0 aliphatic heterocycles. The Hall–Kier alpha value is -5.23. The standard InChI is InChI=1S/C19H14N4O2.C8H9NO2/c20-11-15-12-21-19(23-18(15)14-4-2-1-3-5-14)22-16-8-6-13(7-9-16)10-17(24)25;9-7-3-1-6(2-4-7)5-8(10)11/h1-9,12H,10H2,(H,24,25)(H,21,22,23);1-4H,5,9H2,(H,10,11). The molecule has 4 rings (SSSR count). The number of rotatable bonds is 7.